The fourth-order valence-electron chi connectivity index (χ4n) is 5.26. The molecule has 2 aliphatic rings. The maximum Gasteiger partial charge on any atom is 0.315 e. The molecule has 8 heteroatoms. The summed E-state index contributed by atoms with van der Waals surface area (Å²) in [6.45, 7) is 4.00. The number of esters is 1. The molecule has 4 rings (SSSR count). The number of Topliss-reactive ketones (excluding diaryl/α,β-unsaturated/α-hetero) is 1. The van der Waals surface area contributed by atoms with Crippen LogP contribution in [0.25, 0.3) is 0 Å². The number of methoxy groups -OCH3 is 3. The fraction of sp³-hybridized carbons (Fsp3) is 0.414. The summed E-state index contributed by atoms with van der Waals surface area (Å²) in [4.78, 5) is 31.7. The highest BCUT2D eigenvalue weighted by molar-refractivity contribution is 6.09. The van der Waals surface area contributed by atoms with Crippen LogP contribution in [0.1, 0.15) is 56.1 Å². The number of carbonyl (C=O) groups excluding carboxylic acids is 2. The van der Waals surface area contributed by atoms with Gasteiger partial charge in [0.25, 0.3) is 0 Å². The first-order chi connectivity index (χ1) is 17.8. The van der Waals surface area contributed by atoms with Crippen molar-refractivity contribution in [2.45, 2.75) is 44.9 Å². The number of phenolic OH excluding ortho intramolecular Hbond substituents is 1. The van der Waals surface area contributed by atoms with Crippen LogP contribution in [0.3, 0.4) is 0 Å². The summed E-state index contributed by atoms with van der Waals surface area (Å²) in [7, 11) is 4.63. The molecule has 0 saturated carbocycles. The third-order valence-corrected chi connectivity index (χ3v) is 7.03. The van der Waals surface area contributed by atoms with E-state index in [4.69, 9.17) is 23.9 Å². The van der Waals surface area contributed by atoms with E-state index in [1.54, 1.807) is 39.3 Å². The maximum absolute atomic E-state index is 13.7. The summed E-state index contributed by atoms with van der Waals surface area (Å²) in [6, 6.07) is 10.6. The topological polar surface area (TPSA) is 104 Å². The molecule has 0 fully saturated rings. The summed E-state index contributed by atoms with van der Waals surface area (Å²) >= 11 is 0. The Morgan fingerprint density at radius 1 is 0.973 bits per heavy atom. The average Bonchev–Trinajstić information content (AvgIpc) is 2.90. The van der Waals surface area contributed by atoms with Gasteiger partial charge in [0.1, 0.15) is 5.92 Å². The molecule has 37 heavy (non-hydrogen) atoms. The van der Waals surface area contributed by atoms with Gasteiger partial charge < -0.3 is 24.1 Å². The van der Waals surface area contributed by atoms with Crippen LogP contribution in [0.2, 0.25) is 0 Å². The second-order valence-electron chi connectivity index (χ2n) is 9.31. The largest absolute Gasteiger partial charge is 0.504 e. The zero-order valence-electron chi connectivity index (χ0n) is 21.9. The van der Waals surface area contributed by atoms with E-state index in [9.17, 15) is 14.7 Å². The molecule has 0 aromatic heterocycles. The van der Waals surface area contributed by atoms with Gasteiger partial charge in [0.2, 0.25) is 0 Å². The van der Waals surface area contributed by atoms with Crippen LogP contribution in [-0.4, -0.2) is 50.5 Å². The maximum atomic E-state index is 13.7. The number of nitrogens with zero attached hydrogens (tertiary/aromatic N) is 1. The third kappa shape index (κ3) is 5.05. The molecule has 1 unspecified atom stereocenters. The molecule has 0 amide bonds. The first kappa shape index (κ1) is 26.3. The number of ketones is 1. The summed E-state index contributed by atoms with van der Waals surface area (Å²) < 4.78 is 21.5. The van der Waals surface area contributed by atoms with Crippen molar-refractivity contribution >= 4 is 17.5 Å². The quantitative estimate of drug-likeness (QED) is 0.505. The van der Waals surface area contributed by atoms with Crippen LogP contribution in [0, 0.1) is 5.92 Å². The molecule has 1 aliphatic carbocycles. The SMILES string of the molecule is CCCOC(=O)C1C(C)=NC2=C(C(=O)C[C@H](c3ccc(OC)c(OC)c3)C2)[C@@H]1c1ccc(OC)c(O)c1. The smallest absolute Gasteiger partial charge is 0.315 e. The van der Waals surface area contributed by atoms with Gasteiger partial charge in [-0.25, -0.2) is 0 Å². The van der Waals surface area contributed by atoms with E-state index in [1.165, 1.54) is 7.11 Å². The molecular formula is C29H33NO7. The van der Waals surface area contributed by atoms with Gasteiger partial charge in [0, 0.05) is 29.3 Å². The predicted molar refractivity (Wildman–Crippen MR) is 139 cm³/mol. The number of rotatable bonds is 8. The van der Waals surface area contributed by atoms with Gasteiger partial charge in [-0.05, 0) is 61.1 Å². The summed E-state index contributed by atoms with van der Waals surface area (Å²) in [6.07, 6.45) is 1.48. The van der Waals surface area contributed by atoms with Crippen molar-refractivity contribution in [3.8, 4) is 23.0 Å². The summed E-state index contributed by atoms with van der Waals surface area (Å²) in [5.41, 5.74) is 3.34. The van der Waals surface area contributed by atoms with E-state index < -0.39 is 17.8 Å². The van der Waals surface area contributed by atoms with Gasteiger partial charge in [-0.3, -0.25) is 14.6 Å². The highest BCUT2D eigenvalue weighted by Gasteiger charge is 2.45. The minimum atomic E-state index is -0.764. The van der Waals surface area contributed by atoms with E-state index in [-0.39, 0.29) is 30.5 Å². The van der Waals surface area contributed by atoms with Gasteiger partial charge in [0.15, 0.2) is 28.8 Å². The first-order valence-electron chi connectivity index (χ1n) is 12.4. The zero-order chi connectivity index (χ0) is 26.7. The van der Waals surface area contributed by atoms with Crippen LogP contribution in [0.15, 0.2) is 52.7 Å². The van der Waals surface area contributed by atoms with Crippen LogP contribution < -0.4 is 14.2 Å². The molecule has 196 valence electrons. The Labute approximate surface area is 216 Å². The molecule has 3 atom stereocenters. The summed E-state index contributed by atoms with van der Waals surface area (Å²) in [5, 5.41) is 10.5. The second kappa shape index (κ2) is 11.1. The van der Waals surface area contributed by atoms with Crippen molar-refractivity contribution in [1.82, 2.24) is 0 Å². The third-order valence-electron chi connectivity index (χ3n) is 7.03. The first-order valence-corrected chi connectivity index (χ1v) is 12.4. The molecule has 0 saturated heterocycles. The lowest BCUT2D eigenvalue weighted by atomic mass is 9.69. The number of allylic oxidation sites excluding steroid dienone is 2. The molecule has 1 N–H and O–H groups in total. The second-order valence-corrected chi connectivity index (χ2v) is 9.31. The van der Waals surface area contributed by atoms with Crippen LogP contribution >= 0.6 is 0 Å². The van der Waals surface area contributed by atoms with E-state index in [1.807, 2.05) is 25.1 Å². The van der Waals surface area contributed by atoms with Crippen molar-refractivity contribution in [1.29, 1.82) is 0 Å². The number of phenols is 1. The molecule has 0 bridgehead atoms. The predicted octanol–water partition coefficient (Wildman–Crippen LogP) is 4.95. The van der Waals surface area contributed by atoms with Gasteiger partial charge >= 0.3 is 5.97 Å². The van der Waals surface area contributed by atoms with E-state index in [0.29, 0.717) is 52.6 Å². The Balaban J connectivity index is 1.78. The zero-order valence-corrected chi connectivity index (χ0v) is 21.9. The van der Waals surface area contributed by atoms with Crippen molar-refractivity contribution in [3.63, 3.8) is 0 Å². The summed E-state index contributed by atoms with van der Waals surface area (Å²) in [5.74, 6) is -0.519. The van der Waals surface area contributed by atoms with Gasteiger partial charge in [-0.1, -0.05) is 19.1 Å². The van der Waals surface area contributed by atoms with Crippen LogP contribution in [-0.2, 0) is 14.3 Å². The lowest BCUT2D eigenvalue weighted by Crippen LogP contribution is -2.38. The van der Waals surface area contributed by atoms with Gasteiger partial charge in [-0.15, -0.1) is 0 Å². The minimum Gasteiger partial charge on any atom is -0.504 e. The lowest BCUT2D eigenvalue weighted by Gasteiger charge is -2.36. The Hall–Kier alpha value is -3.81. The number of hydrogen-bond donors (Lipinski definition) is 1. The molecule has 8 nitrogen and oxygen atoms in total. The molecule has 2 aromatic carbocycles. The van der Waals surface area contributed by atoms with E-state index >= 15 is 0 Å². The number of aromatic hydroxyl groups is 1. The molecule has 1 aliphatic heterocycles. The molecule has 0 spiro atoms. The van der Waals surface area contributed by atoms with Crippen molar-refractivity contribution < 1.29 is 33.6 Å². The Morgan fingerprint density at radius 3 is 2.30 bits per heavy atom. The standard InChI is InChI=1S/C29H33NO7/c1-6-11-37-29(33)26-16(2)30-20-12-19(17-7-10-24(35-4)25(15-17)36-5)14-22(32)28(20)27(26)18-8-9-23(34-3)21(31)13-18/h7-10,13,15,19,26-27,31H,6,11-12,14H2,1-5H3/t19-,26?,27-/m1/s1. The highest BCUT2D eigenvalue weighted by Crippen LogP contribution is 2.48. The number of benzene rings is 2. The number of aliphatic imine (C=N–C) groups is 1. The number of carbonyl (C=O) groups is 2. The van der Waals surface area contributed by atoms with Crippen LogP contribution in [0.5, 0.6) is 23.0 Å². The molecular weight excluding hydrogens is 474 g/mol. The molecule has 1 heterocycles. The molecule has 0 radical (unpaired) electrons. The Kier molecular flexibility index (Phi) is 7.86. The number of ether oxygens (including phenoxy) is 4. The Morgan fingerprint density at radius 2 is 1.65 bits per heavy atom. The van der Waals surface area contributed by atoms with E-state index in [0.717, 1.165) is 5.56 Å². The monoisotopic (exact) mass is 507 g/mol. The van der Waals surface area contributed by atoms with Crippen molar-refractivity contribution in [2.75, 3.05) is 27.9 Å². The Bertz CT molecular complexity index is 1260. The minimum absolute atomic E-state index is 0.0607. The average molecular weight is 508 g/mol. The highest BCUT2D eigenvalue weighted by atomic mass is 16.5. The fourth-order valence-corrected chi connectivity index (χ4v) is 5.26. The normalized spacial score (nSPS) is 21.2. The van der Waals surface area contributed by atoms with Crippen molar-refractivity contribution in [3.05, 3.63) is 58.8 Å². The number of hydrogen-bond acceptors (Lipinski definition) is 8. The van der Waals surface area contributed by atoms with Gasteiger partial charge in [-0.2, -0.15) is 0 Å². The molecule has 2 aromatic rings. The van der Waals surface area contributed by atoms with Gasteiger partial charge in [0.05, 0.1) is 27.9 Å². The van der Waals surface area contributed by atoms with Crippen LogP contribution in [0.4, 0.5) is 0 Å². The van der Waals surface area contributed by atoms with Crippen molar-refractivity contribution in [2.24, 2.45) is 10.9 Å². The van der Waals surface area contributed by atoms with E-state index in [2.05, 4.69) is 0 Å². The lowest BCUT2D eigenvalue weighted by molar-refractivity contribution is -0.146.